The van der Waals surface area contributed by atoms with Crippen LogP contribution in [0.5, 0.6) is 0 Å². The van der Waals surface area contributed by atoms with Gasteiger partial charge in [0, 0.05) is 17.9 Å². The number of ether oxygens (including phenoxy) is 1. The summed E-state index contributed by atoms with van der Waals surface area (Å²) in [7, 11) is 1.30. The maximum Gasteiger partial charge on any atom is 0.411 e. The monoisotopic (exact) mass is 277 g/mol. The number of hydrogen-bond donors (Lipinski definition) is 3. The Bertz CT molecular complexity index is 484. The molecule has 0 saturated carbocycles. The lowest BCUT2D eigenvalue weighted by molar-refractivity contribution is -0.120. The molecule has 0 radical (unpaired) electrons. The Balaban J connectivity index is 1.96. The van der Waals surface area contributed by atoms with E-state index < -0.39 is 6.09 Å². The lowest BCUT2D eigenvalue weighted by Crippen LogP contribution is -2.37. The quantitative estimate of drug-likeness (QED) is 0.787. The van der Waals surface area contributed by atoms with Gasteiger partial charge >= 0.3 is 6.09 Å². The molecule has 0 aromatic heterocycles. The average Bonchev–Trinajstić information content (AvgIpc) is 2.48. The van der Waals surface area contributed by atoms with Gasteiger partial charge in [0.1, 0.15) is 0 Å². The normalized spacial score (nSPS) is 18.1. The van der Waals surface area contributed by atoms with Crippen LogP contribution in [0.2, 0.25) is 0 Å². The molecular weight excluding hydrogens is 258 g/mol. The summed E-state index contributed by atoms with van der Waals surface area (Å²) in [5, 5.41) is 8.64. The van der Waals surface area contributed by atoms with E-state index >= 15 is 0 Å². The zero-order chi connectivity index (χ0) is 14.4. The highest BCUT2D eigenvalue weighted by Crippen LogP contribution is 2.18. The minimum atomic E-state index is -0.537. The van der Waals surface area contributed by atoms with Crippen molar-refractivity contribution < 1.29 is 14.3 Å². The predicted molar refractivity (Wildman–Crippen MR) is 76.7 cm³/mol. The zero-order valence-electron chi connectivity index (χ0n) is 11.4. The summed E-state index contributed by atoms with van der Waals surface area (Å²) in [5.74, 6) is 0.00777. The SMILES string of the molecule is COC(=O)Nc1cccc(NC(=O)C2CCCNC2)c1. The van der Waals surface area contributed by atoms with Crippen LogP contribution in [0.4, 0.5) is 16.2 Å². The highest BCUT2D eigenvalue weighted by molar-refractivity contribution is 5.94. The van der Waals surface area contributed by atoms with E-state index in [4.69, 9.17) is 0 Å². The number of amides is 2. The van der Waals surface area contributed by atoms with Gasteiger partial charge in [-0.05, 0) is 37.6 Å². The third-order valence-corrected chi connectivity index (χ3v) is 3.23. The highest BCUT2D eigenvalue weighted by atomic mass is 16.5. The molecule has 20 heavy (non-hydrogen) atoms. The van der Waals surface area contributed by atoms with Gasteiger partial charge in [0.25, 0.3) is 0 Å². The predicted octanol–water partition coefficient (Wildman–Crippen LogP) is 1.80. The molecule has 0 spiro atoms. The van der Waals surface area contributed by atoms with E-state index in [9.17, 15) is 9.59 Å². The average molecular weight is 277 g/mol. The molecule has 1 atom stereocenters. The molecule has 108 valence electrons. The summed E-state index contributed by atoms with van der Waals surface area (Å²) in [4.78, 5) is 23.2. The van der Waals surface area contributed by atoms with Gasteiger partial charge in [0.15, 0.2) is 0 Å². The summed E-state index contributed by atoms with van der Waals surface area (Å²) in [6.07, 6.45) is 1.38. The molecule has 3 N–H and O–H groups in total. The minimum absolute atomic E-state index is 0.000900. The first kappa shape index (κ1) is 14.3. The Kier molecular flexibility index (Phi) is 4.95. The molecule has 1 fully saturated rings. The second-order valence-electron chi connectivity index (χ2n) is 4.73. The minimum Gasteiger partial charge on any atom is -0.453 e. The Morgan fingerprint density at radius 2 is 2.05 bits per heavy atom. The van der Waals surface area contributed by atoms with Crippen molar-refractivity contribution in [1.82, 2.24) is 5.32 Å². The Morgan fingerprint density at radius 1 is 1.30 bits per heavy atom. The molecule has 2 rings (SSSR count). The standard InChI is InChI=1S/C14H19N3O3/c1-20-14(19)17-12-6-2-5-11(8-12)16-13(18)10-4-3-7-15-9-10/h2,5-6,8,10,15H,3-4,7,9H2,1H3,(H,16,18)(H,17,19). The summed E-state index contributed by atoms with van der Waals surface area (Å²) >= 11 is 0. The lowest BCUT2D eigenvalue weighted by atomic mass is 9.99. The van der Waals surface area contributed by atoms with Gasteiger partial charge in [0.05, 0.1) is 13.0 Å². The van der Waals surface area contributed by atoms with Crippen molar-refractivity contribution in [2.45, 2.75) is 12.8 Å². The number of hydrogen-bond acceptors (Lipinski definition) is 4. The first-order valence-electron chi connectivity index (χ1n) is 6.65. The van der Waals surface area contributed by atoms with Crippen LogP contribution in [0.15, 0.2) is 24.3 Å². The molecule has 2 amide bonds. The number of carbonyl (C=O) groups excluding carboxylic acids is 2. The van der Waals surface area contributed by atoms with Crippen LogP contribution in [0.25, 0.3) is 0 Å². The maximum atomic E-state index is 12.1. The van der Waals surface area contributed by atoms with E-state index in [-0.39, 0.29) is 11.8 Å². The smallest absolute Gasteiger partial charge is 0.411 e. The van der Waals surface area contributed by atoms with E-state index in [1.807, 2.05) is 0 Å². The molecule has 1 aromatic rings. The number of methoxy groups -OCH3 is 1. The van der Waals surface area contributed by atoms with Gasteiger partial charge in [-0.3, -0.25) is 10.1 Å². The second kappa shape index (κ2) is 6.91. The summed E-state index contributed by atoms with van der Waals surface area (Å²) in [6, 6.07) is 6.98. The van der Waals surface area contributed by atoms with E-state index in [2.05, 4.69) is 20.7 Å². The molecular formula is C14H19N3O3. The van der Waals surface area contributed by atoms with Gasteiger partial charge in [-0.2, -0.15) is 0 Å². The van der Waals surface area contributed by atoms with Crippen molar-refractivity contribution >= 4 is 23.4 Å². The Labute approximate surface area is 117 Å². The van der Waals surface area contributed by atoms with Crippen LogP contribution < -0.4 is 16.0 Å². The first-order valence-corrected chi connectivity index (χ1v) is 6.65. The van der Waals surface area contributed by atoms with E-state index in [0.29, 0.717) is 17.9 Å². The molecule has 6 nitrogen and oxygen atoms in total. The van der Waals surface area contributed by atoms with Crippen LogP contribution in [0, 0.1) is 5.92 Å². The molecule has 1 aliphatic rings. The molecule has 1 saturated heterocycles. The maximum absolute atomic E-state index is 12.1. The molecule has 6 heteroatoms. The zero-order valence-corrected chi connectivity index (χ0v) is 11.4. The second-order valence-corrected chi connectivity index (χ2v) is 4.73. The number of benzene rings is 1. The van der Waals surface area contributed by atoms with Gasteiger partial charge < -0.3 is 15.4 Å². The Morgan fingerprint density at radius 3 is 2.70 bits per heavy atom. The fourth-order valence-corrected chi connectivity index (χ4v) is 2.16. The van der Waals surface area contributed by atoms with Gasteiger partial charge in [-0.15, -0.1) is 0 Å². The molecule has 1 aromatic carbocycles. The fraction of sp³-hybridized carbons (Fsp3) is 0.429. The van der Waals surface area contributed by atoms with Crippen LogP contribution in [-0.4, -0.2) is 32.2 Å². The third-order valence-electron chi connectivity index (χ3n) is 3.23. The molecule has 0 bridgehead atoms. The third kappa shape index (κ3) is 3.96. The lowest BCUT2D eigenvalue weighted by Gasteiger charge is -2.22. The molecule has 0 aliphatic carbocycles. The summed E-state index contributed by atoms with van der Waals surface area (Å²) < 4.78 is 4.52. The van der Waals surface area contributed by atoms with Crippen LogP contribution in [0.1, 0.15) is 12.8 Å². The van der Waals surface area contributed by atoms with Crippen LogP contribution in [-0.2, 0) is 9.53 Å². The van der Waals surface area contributed by atoms with Gasteiger partial charge in [-0.1, -0.05) is 6.07 Å². The van der Waals surface area contributed by atoms with Crippen molar-refractivity contribution in [2.75, 3.05) is 30.8 Å². The number of carbonyl (C=O) groups is 2. The van der Waals surface area contributed by atoms with Gasteiger partial charge in [-0.25, -0.2) is 4.79 Å². The molecule has 1 unspecified atom stereocenters. The fourth-order valence-electron chi connectivity index (χ4n) is 2.16. The number of anilines is 2. The number of rotatable bonds is 3. The van der Waals surface area contributed by atoms with Crippen molar-refractivity contribution in [3.63, 3.8) is 0 Å². The first-order chi connectivity index (χ1) is 9.69. The number of piperidine rings is 1. The van der Waals surface area contributed by atoms with E-state index in [1.54, 1.807) is 24.3 Å². The molecule has 1 heterocycles. The van der Waals surface area contributed by atoms with Crippen LogP contribution >= 0.6 is 0 Å². The summed E-state index contributed by atoms with van der Waals surface area (Å²) in [6.45, 7) is 1.69. The van der Waals surface area contributed by atoms with E-state index in [1.165, 1.54) is 7.11 Å². The van der Waals surface area contributed by atoms with Crippen molar-refractivity contribution in [3.8, 4) is 0 Å². The van der Waals surface area contributed by atoms with Crippen molar-refractivity contribution in [1.29, 1.82) is 0 Å². The van der Waals surface area contributed by atoms with Gasteiger partial charge in [0.2, 0.25) is 5.91 Å². The summed E-state index contributed by atoms with van der Waals surface area (Å²) in [5.41, 5.74) is 1.24. The number of nitrogens with one attached hydrogen (secondary N) is 3. The van der Waals surface area contributed by atoms with Crippen molar-refractivity contribution in [2.24, 2.45) is 5.92 Å². The largest absolute Gasteiger partial charge is 0.453 e. The highest BCUT2D eigenvalue weighted by Gasteiger charge is 2.20. The molecule has 1 aliphatic heterocycles. The Hall–Kier alpha value is -2.08. The van der Waals surface area contributed by atoms with Crippen molar-refractivity contribution in [3.05, 3.63) is 24.3 Å². The van der Waals surface area contributed by atoms with E-state index in [0.717, 1.165) is 19.4 Å². The van der Waals surface area contributed by atoms with Crippen LogP contribution in [0.3, 0.4) is 0 Å². The topological polar surface area (TPSA) is 79.5 Å².